The van der Waals surface area contributed by atoms with Crippen LogP contribution in [0.25, 0.3) is 0 Å². The number of halogens is 1. The first-order valence-corrected chi connectivity index (χ1v) is 8.73. The second-order valence-electron chi connectivity index (χ2n) is 6.48. The van der Waals surface area contributed by atoms with Crippen LogP contribution in [-0.4, -0.2) is 37.3 Å². The highest BCUT2D eigenvalue weighted by atomic mass is 127. The molecule has 0 spiro atoms. The molecule has 0 saturated carbocycles. The Hall–Kier alpha value is -0.300. The number of hydrogen-bond acceptors (Lipinski definition) is 2. The zero-order valence-corrected chi connectivity index (χ0v) is 16.0. The number of rotatable bonds is 5. The Morgan fingerprint density at radius 2 is 2.27 bits per heavy atom. The van der Waals surface area contributed by atoms with Crippen molar-refractivity contribution in [2.24, 2.45) is 4.99 Å². The van der Waals surface area contributed by atoms with Gasteiger partial charge in [-0.05, 0) is 58.3 Å². The second kappa shape index (κ2) is 9.11. The van der Waals surface area contributed by atoms with E-state index in [1.165, 1.54) is 38.5 Å². The summed E-state index contributed by atoms with van der Waals surface area (Å²) in [5.41, 5.74) is 1.60. The van der Waals surface area contributed by atoms with Gasteiger partial charge in [0.15, 0.2) is 5.96 Å². The normalized spacial score (nSPS) is 30.7. The van der Waals surface area contributed by atoms with Crippen LogP contribution < -0.4 is 10.6 Å². The van der Waals surface area contributed by atoms with E-state index in [-0.39, 0.29) is 24.0 Å². The Morgan fingerprint density at radius 3 is 2.91 bits per heavy atom. The molecule has 3 aliphatic rings. The summed E-state index contributed by atoms with van der Waals surface area (Å²) in [5, 5.41) is 6.95. The van der Waals surface area contributed by atoms with Crippen molar-refractivity contribution >= 4 is 29.9 Å². The van der Waals surface area contributed by atoms with E-state index in [1.807, 2.05) is 0 Å². The number of guanidine groups is 1. The fourth-order valence-electron chi connectivity index (χ4n) is 3.73. The van der Waals surface area contributed by atoms with Crippen LogP contribution >= 0.6 is 24.0 Å². The van der Waals surface area contributed by atoms with Gasteiger partial charge >= 0.3 is 0 Å². The molecule has 0 radical (unpaired) electrons. The smallest absolute Gasteiger partial charge is 0.191 e. The Labute approximate surface area is 151 Å². The van der Waals surface area contributed by atoms with E-state index >= 15 is 0 Å². The maximum absolute atomic E-state index is 5.91. The van der Waals surface area contributed by atoms with Crippen LogP contribution in [0.5, 0.6) is 0 Å². The molecule has 1 aliphatic carbocycles. The summed E-state index contributed by atoms with van der Waals surface area (Å²) in [5.74, 6) is 0.968. The third-order valence-electron chi connectivity index (χ3n) is 4.86. The van der Waals surface area contributed by atoms with Crippen molar-refractivity contribution in [3.8, 4) is 0 Å². The Balaban J connectivity index is 0.00000176. The van der Waals surface area contributed by atoms with E-state index in [9.17, 15) is 0 Å². The lowest BCUT2D eigenvalue weighted by molar-refractivity contribution is 0.0992. The van der Waals surface area contributed by atoms with Crippen LogP contribution in [0.3, 0.4) is 0 Å². The molecule has 4 nitrogen and oxygen atoms in total. The van der Waals surface area contributed by atoms with Gasteiger partial charge in [0.25, 0.3) is 0 Å². The third kappa shape index (κ3) is 4.85. The zero-order valence-electron chi connectivity index (χ0n) is 13.6. The van der Waals surface area contributed by atoms with E-state index in [1.54, 1.807) is 5.57 Å². The van der Waals surface area contributed by atoms with Crippen LogP contribution in [0.2, 0.25) is 0 Å². The molecule has 22 heavy (non-hydrogen) atoms. The number of nitrogens with zero attached hydrogens (tertiary/aromatic N) is 1. The number of aliphatic imine (C=N–C) groups is 1. The van der Waals surface area contributed by atoms with E-state index in [4.69, 9.17) is 9.73 Å². The van der Waals surface area contributed by atoms with Crippen molar-refractivity contribution in [1.82, 2.24) is 10.6 Å². The molecule has 3 atom stereocenters. The van der Waals surface area contributed by atoms with Gasteiger partial charge in [-0.2, -0.15) is 0 Å². The molecule has 2 heterocycles. The van der Waals surface area contributed by atoms with Gasteiger partial charge in [0, 0.05) is 13.1 Å². The molecule has 5 heteroatoms. The standard InChI is InChI=1S/C17H29N3O.HI/c1-2-18-17(19-11-10-13-6-4-3-5-7-13)20-15-12-14-8-9-16(15)21-14;/h6,14-16H,2-5,7-12H2,1H3,(H2,18,19,20);1H. The first-order chi connectivity index (χ1) is 10.3. The number of nitrogens with one attached hydrogen (secondary N) is 2. The molecule has 126 valence electrons. The minimum Gasteiger partial charge on any atom is -0.373 e. The number of ether oxygens (including phenoxy) is 1. The molecule has 3 rings (SSSR count). The van der Waals surface area contributed by atoms with Crippen molar-refractivity contribution in [1.29, 1.82) is 0 Å². The lowest BCUT2D eigenvalue weighted by Crippen LogP contribution is -2.47. The van der Waals surface area contributed by atoms with E-state index in [0.29, 0.717) is 18.2 Å². The lowest BCUT2D eigenvalue weighted by atomic mass is 9.96. The molecule has 0 amide bonds. The fourth-order valence-corrected chi connectivity index (χ4v) is 3.73. The van der Waals surface area contributed by atoms with Gasteiger partial charge in [0.2, 0.25) is 0 Å². The summed E-state index contributed by atoms with van der Waals surface area (Å²) in [6.45, 7) is 3.93. The van der Waals surface area contributed by atoms with Gasteiger partial charge in [-0.25, -0.2) is 0 Å². The van der Waals surface area contributed by atoms with Crippen LogP contribution in [0.4, 0.5) is 0 Å². The van der Waals surface area contributed by atoms with Gasteiger partial charge in [0.05, 0.1) is 18.2 Å². The highest BCUT2D eigenvalue weighted by Crippen LogP contribution is 2.34. The molecule has 2 fully saturated rings. The lowest BCUT2D eigenvalue weighted by Gasteiger charge is -2.22. The van der Waals surface area contributed by atoms with Gasteiger partial charge in [-0.3, -0.25) is 4.99 Å². The van der Waals surface area contributed by atoms with Crippen LogP contribution in [0.15, 0.2) is 16.6 Å². The maximum Gasteiger partial charge on any atom is 0.191 e. The molecule has 2 saturated heterocycles. The summed E-state index contributed by atoms with van der Waals surface area (Å²) < 4.78 is 5.91. The Bertz CT molecular complexity index is 411. The maximum atomic E-state index is 5.91. The Morgan fingerprint density at radius 1 is 1.36 bits per heavy atom. The van der Waals surface area contributed by atoms with Crippen LogP contribution in [0.1, 0.15) is 58.3 Å². The highest BCUT2D eigenvalue weighted by Gasteiger charge is 2.41. The van der Waals surface area contributed by atoms with Crippen molar-refractivity contribution in [3.63, 3.8) is 0 Å². The van der Waals surface area contributed by atoms with E-state index in [2.05, 4.69) is 23.6 Å². The topological polar surface area (TPSA) is 45.7 Å². The van der Waals surface area contributed by atoms with Gasteiger partial charge in [-0.15, -0.1) is 24.0 Å². The molecule has 3 unspecified atom stereocenters. The monoisotopic (exact) mass is 419 g/mol. The molecule has 2 bridgehead atoms. The van der Waals surface area contributed by atoms with E-state index < -0.39 is 0 Å². The molecule has 2 N–H and O–H groups in total. The predicted octanol–water partition coefficient (Wildman–Crippen LogP) is 3.37. The number of hydrogen-bond donors (Lipinski definition) is 2. The summed E-state index contributed by atoms with van der Waals surface area (Å²) in [6.07, 6.45) is 13.3. The summed E-state index contributed by atoms with van der Waals surface area (Å²) >= 11 is 0. The molecular weight excluding hydrogens is 389 g/mol. The number of fused-ring (bicyclic) bond motifs is 2. The van der Waals surface area contributed by atoms with E-state index in [0.717, 1.165) is 31.9 Å². The summed E-state index contributed by atoms with van der Waals surface area (Å²) in [4.78, 5) is 4.75. The number of allylic oxidation sites excluding steroid dienone is 1. The second-order valence-corrected chi connectivity index (χ2v) is 6.48. The van der Waals surface area contributed by atoms with Crippen molar-refractivity contribution in [2.75, 3.05) is 13.1 Å². The average molecular weight is 419 g/mol. The summed E-state index contributed by atoms with van der Waals surface area (Å²) in [6, 6.07) is 0.454. The van der Waals surface area contributed by atoms with Gasteiger partial charge in [-0.1, -0.05) is 11.6 Å². The molecule has 0 aromatic carbocycles. The van der Waals surface area contributed by atoms with Crippen LogP contribution in [0, 0.1) is 0 Å². The molecule has 0 aromatic heterocycles. The predicted molar refractivity (Wildman–Crippen MR) is 102 cm³/mol. The minimum atomic E-state index is 0. The van der Waals surface area contributed by atoms with Crippen molar-refractivity contribution in [3.05, 3.63) is 11.6 Å². The zero-order chi connectivity index (χ0) is 14.5. The first-order valence-electron chi connectivity index (χ1n) is 8.73. The van der Waals surface area contributed by atoms with Crippen LogP contribution in [-0.2, 0) is 4.74 Å². The Kier molecular flexibility index (Phi) is 7.47. The van der Waals surface area contributed by atoms with Gasteiger partial charge in [0.1, 0.15) is 0 Å². The molecular formula is C17H30IN3O. The first kappa shape index (κ1) is 18.0. The minimum absolute atomic E-state index is 0. The molecule has 2 aliphatic heterocycles. The quantitative estimate of drug-likeness (QED) is 0.311. The van der Waals surface area contributed by atoms with Crippen molar-refractivity contribution in [2.45, 2.75) is 76.5 Å². The largest absolute Gasteiger partial charge is 0.373 e. The van der Waals surface area contributed by atoms with Crippen molar-refractivity contribution < 1.29 is 4.74 Å². The highest BCUT2D eigenvalue weighted by molar-refractivity contribution is 14.0. The van der Waals surface area contributed by atoms with Gasteiger partial charge < -0.3 is 15.4 Å². The SMILES string of the molecule is CCNC(=NCCC1=CCCCC1)NC1CC2CCC1O2.I. The fraction of sp³-hybridized carbons (Fsp3) is 0.824. The average Bonchev–Trinajstić information content (AvgIpc) is 3.11. The summed E-state index contributed by atoms with van der Waals surface area (Å²) in [7, 11) is 0. The third-order valence-corrected chi connectivity index (χ3v) is 4.86. The molecule has 0 aromatic rings.